The number of carbonyl (C=O) groups is 2. The first kappa shape index (κ1) is 25.3. The van der Waals surface area contributed by atoms with Gasteiger partial charge in [-0.05, 0) is 48.7 Å². The highest BCUT2D eigenvalue weighted by molar-refractivity contribution is 6.74. The summed E-state index contributed by atoms with van der Waals surface area (Å²) in [6.07, 6.45) is 1.83. The van der Waals surface area contributed by atoms with E-state index in [2.05, 4.69) is 33.9 Å². The average molecular weight is 534 g/mol. The van der Waals surface area contributed by atoms with Crippen LogP contribution in [0.15, 0.2) is 29.8 Å². The van der Waals surface area contributed by atoms with E-state index in [-0.39, 0.29) is 22.9 Å². The molecule has 37 heavy (non-hydrogen) atoms. The van der Waals surface area contributed by atoms with Gasteiger partial charge >= 0.3 is 0 Å². The first-order valence-corrected chi connectivity index (χ1v) is 15.9. The summed E-state index contributed by atoms with van der Waals surface area (Å²) in [5, 5.41) is -0.0961. The van der Waals surface area contributed by atoms with Crippen molar-refractivity contribution in [2.24, 2.45) is 17.8 Å². The molecule has 1 saturated carbocycles. The second kappa shape index (κ2) is 8.26. The fraction of sp³-hybridized carbons (Fsp3) is 0.630. The molecule has 1 spiro atoms. The maximum atomic E-state index is 14.8. The van der Waals surface area contributed by atoms with E-state index in [9.17, 15) is 18.4 Å². The third kappa shape index (κ3) is 3.63. The number of benzene rings is 1. The van der Waals surface area contributed by atoms with E-state index in [0.29, 0.717) is 25.7 Å². The molecular formula is C27H33F2NO6Si. The molecule has 0 aromatic heterocycles. The van der Waals surface area contributed by atoms with E-state index in [1.807, 2.05) is 6.08 Å². The molecule has 3 saturated heterocycles. The Hall–Kier alpha value is -1.98. The van der Waals surface area contributed by atoms with Crippen molar-refractivity contribution in [3.05, 3.63) is 41.5 Å². The van der Waals surface area contributed by atoms with Crippen LogP contribution < -0.4 is 4.90 Å². The molecule has 0 unspecified atom stereocenters. The van der Waals surface area contributed by atoms with Gasteiger partial charge in [-0.1, -0.05) is 26.8 Å². The minimum absolute atomic E-state index is 0.0961. The van der Waals surface area contributed by atoms with Gasteiger partial charge < -0.3 is 18.6 Å². The molecule has 3 aliphatic heterocycles. The van der Waals surface area contributed by atoms with Crippen LogP contribution in [0.5, 0.6) is 0 Å². The number of nitrogens with zero attached hydrogens (tertiary/aromatic N) is 1. The van der Waals surface area contributed by atoms with Gasteiger partial charge in [0.05, 0.1) is 36.8 Å². The minimum atomic E-state index is -2.32. The lowest BCUT2D eigenvalue weighted by molar-refractivity contribution is -0.262. The lowest BCUT2D eigenvalue weighted by Gasteiger charge is -2.51. The highest BCUT2D eigenvalue weighted by Crippen LogP contribution is 2.60. The largest absolute Gasteiger partial charge is 0.411 e. The predicted octanol–water partition coefficient (Wildman–Crippen LogP) is 4.32. The molecule has 6 atom stereocenters. The molecule has 0 N–H and O–H groups in total. The number of hydrogen-bond donors (Lipinski definition) is 0. The van der Waals surface area contributed by atoms with Gasteiger partial charge in [0.15, 0.2) is 8.32 Å². The Kier molecular flexibility index (Phi) is 5.65. The number of allylic oxidation sites excluding steroid dienone is 1. The molecule has 2 aliphatic carbocycles. The quantitative estimate of drug-likeness (QED) is 0.249. The molecular weight excluding hydrogens is 500 g/mol. The number of hydrogen-bond acceptors (Lipinski definition) is 6. The van der Waals surface area contributed by atoms with Crippen molar-refractivity contribution >= 4 is 25.8 Å². The number of epoxide rings is 1. The van der Waals surface area contributed by atoms with E-state index in [0.717, 1.165) is 29.0 Å². The van der Waals surface area contributed by atoms with Crippen LogP contribution in [0.2, 0.25) is 18.1 Å². The van der Waals surface area contributed by atoms with Crippen molar-refractivity contribution in [3.8, 4) is 0 Å². The maximum Gasteiger partial charge on any atom is 0.238 e. The Morgan fingerprint density at radius 2 is 1.78 bits per heavy atom. The molecule has 7 nitrogen and oxygen atoms in total. The number of imide groups is 1. The highest BCUT2D eigenvalue weighted by atomic mass is 28.4. The normalized spacial score (nSPS) is 34.7. The zero-order chi connectivity index (χ0) is 26.5. The van der Waals surface area contributed by atoms with Crippen LogP contribution in [0, 0.1) is 29.4 Å². The molecule has 10 heteroatoms. The van der Waals surface area contributed by atoms with Gasteiger partial charge in [0, 0.05) is 12.0 Å². The van der Waals surface area contributed by atoms with Crippen LogP contribution in [-0.4, -0.2) is 57.4 Å². The second-order valence-electron chi connectivity index (χ2n) is 12.2. The van der Waals surface area contributed by atoms with Crippen LogP contribution in [-0.2, 0) is 28.2 Å². The fourth-order valence-corrected chi connectivity index (χ4v) is 7.54. The summed E-state index contributed by atoms with van der Waals surface area (Å²) in [6, 6.07) is 2.88. The number of ether oxygens (including phenoxy) is 3. The van der Waals surface area contributed by atoms with Gasteiger partial charge in [-0.2, -0.15) is 0 Å². The number of halogens is 2. The second-order valence-corrected chi connectivity index (χ2v) is 17.0. The molecule has 0 radical (unpaired) electrons. The standard InChI is InChI=1S/C27H33F2NO6Si/c1-26(2,3)37(4,5)36-21-20-16(27(23-22(21)35-23)33-11-6-12-34-27)9-8-15-19(20)25(32)30(24(15)31)18-10-7-14(28)13-17(18)29/h7,9-10,13,15,19-23H,6,8,11-12H2,1-5H3/t15-,19-,20+,21+,22+,23+/m1/s1. The lowest BCUT2D eigenvalue weighted by atomic mass is 9.64. The van der Waals surface area contributed by atoms with E-state index in [1.54, 1.807) is 0 Å². The molecule has 6 rings (SSSR count). The summed E-state index contributed by atoms with van der Waals surface area (Å²) < 4.78 is 54.0. The average Bonchev–Trinajstić information content (AvgIpc) is 3.60. The number of anilines is 1. The number of carbonyl (C=O) groups excluding carboxylic acids is 2. The third-order valence-corrected chi connectivity index (χ3v) is 13.6. The van der Waals surface area contributed by atoms with E-state index >= 15 is 0 Å². The molecule has 1 aromatic carbocycles. The molecule has 3 heterocycles. The van der Waals surface area contributed by atoms with Crippen LogP contribution in [0.25, 0.3) is 0 Å². The van der Waals surface area contributed by atoms with Crippen molar-refractivity contribution in [1.82, 2.24) is 0 Å². The SMILES string of the molecule is CC(C)(C)[Si](C)(C)O[C@@H]1[C@@H]2O[C@@H]2C2(OCCCO2)C2=CC[C@H]3C(=O)N(c4ccc(F)cc4F)C(=O)[C@H]3[C@H]21. The molecule has 1 aromatic rings. The third-order valence-electron chi connectivity index (χ3n) is 9.10. The van der Waals surface area contributed by atoms with Crippen molar-refractivity contribution < 1.29 is 37.0 Å². The highest BCUT2D eigenvalue weighted by Gasteiger charge is 2.73. The monoisotopic (exact) mass is 533 g/mol. The topological polar surface area (TPSA) is 77.6 Å². The van der Waals surface area contributed by atoms with Crippen molar-refractivity contribution in [1.29, 1.82) is 0 Å². The number of amides is 2. The zero-order valence-corrected chi connectivity index (χ0v) is 22.8. The molecule has 2 amide bonds. The van der Waals surface area contributed by atoms with Gasteiger partial charge in [-0.25, -0.2) is 13.7 Å². The Morgan fingerprint density at radius 1 is 1.08 bits per heavy atom. The van der Waals surface area contributed by atoms with Crippen LogP contribution in [0.3, 0.4) is 0 Å². The molecule has 200 valence electrons. The minimum Gasteiger partial charge on any atom is -0.411 e. The van der Waals surface area contributed by atoms with E-state index in [1.165, 1.54) is 0 Å². The molecule has 0 bridgehead atoms. The predicted molar refractivity (Wildman–Crippen MR) is 132 cm³/mol. The first-order valence-electron chi connectivity index (χ1n) is 13.0. The summed E-state index contributed by atoms with van der Waals surface area (Å²) in [5.41, 5.74) is 0.559. The fourth-order valence-electron chi connectivity index (χ4n) is 6.22. The summed E-state index contributed by atoms with van der Waals surface area (Å²) in [7, 11) is -2.32. The first-order chi connectivity index (χ1) is 17.4. The van der Waals surface area contributed by atoms with Crippen molar-refractivity contribution in [2.75, 3.05) is 18.1 Å². The van der Waals surface area contributed by atoms with E-state index in [4.69, 9.17) is 18.6 Å². The summed E-state index contributed by atoms with van der Waals surface area (Å²) in [5.74, 6) is -5.83. The Bertz CT molecular complexity index is 1190. The Morgan fingerprint density at radius 3 is 2.43 bits per heavy atom. The summed E-state index contributed by atoms with van der Waals surface area (Å²) >= 11 is 0. The van der Waals surface area contributed by atoms with Gasteiger partial charge in [0.1, 0.15) is 23.8 Å². The Labute approximate surface area is 216 Å². The zero-order valence-electron chi connectivity index (χ0n) is 21.8. The van der Waals surface area contributed by atoms with Crippen LogP contribution >= 0.6 is 0 Å². The summed E-state index contributed by atoms with van der Waals surface area (Å²) in [4.78, 5) is 28.4. The van der Waals surface area contributed by atoms with Gasteiger partial charge in [-0.3, -0.25) is 9.59 Å². The van der Waals surface area contributed by atoms with Gasteiger partial charge in [-0.15, -0.1) is 0 Å². The summed E-state index contributed by atoms with van der Waals surface area (Å²) in [6.45, 7) is 11.7. The molecule has 5 aliphatic rings. The van der Waals surface area contributed by atoms with Crippen molar-refractivity contribution in [2.45, 2.75) is 75.8 Å². The lowest BCUT2D eigenvalue weighted by Crippen LogP contribution is -2.61. The van der Waals surface area contributed by atoms with Gasteiger partial charge in [0.25, 0.3) is 0 Å². The van der Waals surface area contributed by atoms with Crippen LogP contribution in [0.1, 0.15) is 33.6 Å². The van der Waals surface area contributed by atoms with E-state index < -0.39 is 61.4 Å². The number of fused-ring (bicyclic) bond motifs is 6. The van der Waals surface area contributed by atoms with Gasteiger partial charge in [0.2, 0.25) is 17.6 Å². The number of rotatable bonds is 3. The van der Waals surface area contributed by atoms with Crippen molar-refractivity contribution in [3.63, 3.8) is 0 Å². The Balaban J connectivity index is 1.44. The molecule has 4 fully saturated rings. The van der Waals surface area contributed by atoms with Crippen LogP contribution in [0.4, 0.5) is 14.5 Å². The maximum absolute atomic E-state index is 14.8. The smallest absolute Gasteiger partial charge is 0.238 e.